The predicted octanol–water partition coefficient (Wildman–Crippen LogP) is 1.77. The normalized spacial score (nSPS) is 17.4. The number of carbonyl (C=O) groups excluding carboxylic acids is 2. The fourth-order valence-electron chi connectivity index (χ4n) is 3.22. The van der Waals surface area contributed by atoms with Gasteiger partial charge in [0.25, 0.3) is 5.91 Å². The van der Waals surface area contributed by atoms with Gasteiger partial charge in [-0.1, -0.05) is 0 Å². The van der Waals surface area contributed by atoms with Crippen molar-refractivity contribution < 1.29 is 14.3 Å². The fourth-order valence-corrected chi connectivity index (χ4v) is 3.22. The summed E-state index contributed by atoms with van der Waals surface area (Å²) in [5.74, 6) is 0.257. The van der Waals surface area contributed by atoms with Crippen LogP contribution in [0, 0.1) is 0 Å². The number of H-pyrrole nitrogens is 1. The van der Waals surface area contributed by atoms with E-state index in [0.29, 0.717) is 18.7 Å². The van der Waals surface area contributed by atoms with Crippen molar-refractivity contribution in [2.75, 3.05) is 20.2 Å². The van der Waals surface area contributed by atoms with Crippen LogP contribution in [0.4, 0.5) is 0 Å². The summed E-state index contributed by atoms with van der Waals surface area (Å²) < 4.78 is 5.21. The number of nitrogens with zero attached hydrogens (tertiary/aromatic N) is 2. The van der Waals surface area contributed by atoms with Crippen molar-refractivity contribution in [3.8, 4) is 5.75 Å². The van der Waals surface area contributed by atoms with Crippen molar-refractivity contribution in [2.24, 2.45) is 0 Å². The number of pyridine rings is 1. The highest BCUT2D eigenvalue weighted by molar-refractivity contribution is 5.95. The Kier molecular flexibility index (Phi) is 5.88. The van der Waals surface area contributed by atoms with E-state index in [0.717, 1.165) is 31.4 Å². The first-order chi connectivity index (χ1) is 12.7. The zero-order valence-electron chi connectivity index (χ0n) is 14.9. The van der Waals surface area contributed by atoms with Crippen molar-refractivity contribution >= 4 is 11.8 Å². The van der Waals surface area contributed by atoms with E-state index in [-0.39, 0.29) is 23.6 Å². The Hall–Kier alpha value is -2.83. The first-order valence-electron chi connectivity index (χ1n) is 8.86. The summed E-state index contributed by atoms with van der Waals surface area (Å²) in [6, 6.07) is 5.25. The first-order valence-corrected chi connectivity index (χ1v) is 8.86. The van der Waals surface area contributed by atoms with Crippen molar-refractivity contribution in [2.45, 2.75) is 31.7 Å². The third-order valence-electron chi connectivity index (χ3n) is 4.58. The maximum Gasteiger partial charge on any atom is 0.274 e. The van der Waals surface area contributed by atoms with E-state index in [1.54, 1.807) is 18.3 Å². The number of ether oxygens (including phenoxy) is 1. The number of likely N-dealkylation sites (tertiary alicyclic amines) is 1. The van der Waals surface area contributed by atoms with Crippen LogP contribution in [0.25, 0.3) is 0 Å². The fraction of sp³-hybridized carbons (Fsp3) is 0.421. The van der Waals surface area contributed by atoms with Crippen LogP contribution in [0.1, 0.15) is 35.3 Å². The van der Waals surface area contributed by atoms with Gasteiger partial charge in [0, 0.05) is 37.7 Å². The van der Waals surface area contributed by atoms with Gasteiger partial charge in [0.1, 0.15) is 5.75 Å². The highest BCUT2D eigenvalue weighted by Gasteiger charge is 2.25. The molecule has 1 aliphatic rings. The minimum Gasteiger partial charge on any atom is -0.494 e. The number of aromatic nitrogens is 2. The Bertz CT molecular complexity index is 745. The molecule has 0 aliphatic carbocycles. The highest BCUT2D eigenvalue weighted by Crippen LogP contribution is 2.17. The Labute approximate surface area is 152 Å². The summed E-state index contributed by atoms with van der Waals surface area (Å²) in [7, 11) is 1.51. The molecular formula is C19H24N4O3. The molecule has 3 rings (SSSR count). The van der Waals surface area contributed by atoms with Crippen molar-refractivity contribution in [1.29, 1.82) is 0 Å². The lowest BCUT2D eigenvalue weighted by molar-refractivity contribution is -0.130. The first kappa shape index (κ1) is 18.0. The average Bonchev–Trinajstić information content (AvgIpc) is 3.05. The molecule has 138 valence electrons. The molecule has 0 radical (unpaired) electrons. The van der Waals surface area contributed by atoms with Crippen molar-refractivity contribution in [3.63, 3.8) is 0 Å². The highest BCUT2D eigenvalue weighted by atomic mass is 16.5. The molecule has 0 unspecified atom stereocenters. The van der Waals surface area contributed by atoms with Crippen molar-refractivity contribution in [1.82, 2.24) is 20.2 Å². The van der Waals surface area contributed by atoms with Gasteiger partial charge in [-0.3, -0.25) is 9.59 Å². The van der Waals surface area contributed by atoms with Gasteiger partial charge in [0.2, 0.25) is 5.91 Å². The maximum absolute atomic E-state index is 12.6. The molecular weight excluding hydrogens is 332 g/mol. The molecule has 2 aromatic rings. The molecule has 1 atom stereocenters. The molecule has 7 nitrogen and oxygen atoms in total. The Morgan fingerprint density at radius 3 is 3.04 bits per heavy atom. The van der Waals surface area contributed by atoms with Gasteiger partial charge in [-0.15, -0.1) is 0 Å². The summed E-state index contributed by atoms with van der Waals surface area (Å²) in [4.78, 5) is 34.1. The summed E-state index contributed by atoms with van der Waals surface area (Å²) in [5.41, 5.74) is 1.24. The third kappa shape index (κ3) is 4.41. The predicted molar refractivity (Wildman–Crippen MR) is 97.0 cm³/mol. The molecule has 2 N–H and O–H groups in total. The summed E-state index contributed by atoms with van der Waals surface area (Å²) in [5, 5.41) is 3.01. The van der Waals surface area contributed by atoms with E-state index < -0.39 is 0 Å². The summed E-state index contributed by atoms with van der Waals surface area (Å²) >= 11 is 0. The van der Waals surface area contributed by atoms with Crippen LogP contribution in [-0.4, -0.2) is 52.9 Å². The van der Waals surface area contributed by atoms with Gasteiger partial charge in [-0.2, -0.15) is 0 Å². The zero-order valence-corrected chi connectivity index (χ0v) is 14.9. The van der Waals surface area contributed by atoms with Gasteiger partial charge in [0.15, 0.2) is 5.69 Å². The van der Waals surface area contributed by atoms with E-state index in [1.807, 2.05) is 23.4 Å². The second kappa shape index (κ2) is 8.51. The van der Waals surface area contributed by atoms with E-state index in [1.165, 1.54) is 7.11 Å². The van der Waals surface area contributed by atoms with Crippen LogP contribution in [0.3, 0.4) is 0 Å². The van der Waals surface area contributed by atoms with Gasteiger partial charge < -0.3 is 19.9 Å². The lowest BCUT2D eigenvalue weighted by atomic mass is 10.1. The van der Waals surface area contributed by atoms with Crippen LogP contribution in [0.5, 0.6) is 5.75 Å². The monoisotopic (exact) mass is 356 g/mol. The molecule has 1 aliphatic heterocycles. The van der Waals surface area contributed by atoms with E-state index in [4.69, 9.17) is 4.74 Å². The average molecular weight is 356 g/mol. The van der Waals surface area contributed by atoms with Crippen LogP contribution >= 0.6 is 0 Å². The lowest BCUT2D eigenvalue weighted by Crippen LogP contribution is -2.45. The standard InChI is InChI=1S/C19H24N4O3/c1-26-16-6-4-8-21-18(16)19(25)22-15-5-2-3-10-23(13-15)17(24)11-14-7-9-20-12-14/h4,6-9,12,15,20H,2-3,5,10-11,13H2,1H3,(H,22,25)/t15-/m0/s1. The molecule has 0 saturated carbocycles. The molecule has 2 aromatic heterocycles. The number of hydrogen-bond donors (Lipinski definition) is 2. The van der Waals surface area contributed by atoms with Gasteiger partial charge >= 0.3 is 0 Å². The number of nitrogens with one attached hydrogen (secondary N) is 2. The number of hydrogen-bond acceptors (Lipinski definition) is 4. The smallest absolute Gasteiger partial charge is 0.274 e. The number of rotatable bonds is 5. The SMILES string of the molecule is COc1cccnc1C(=O)N[C@H]1CCCCN(C(=O)Cc2cc[nH]c2)C1. The Morgan fingerprint density at radius 2 is 2.27 bits per heavy atom. The topological polar surface area (TPSA) is 87.3 Å². The number of aromatic amines is 1. The zero-order chi connectivity index (χ0) is 18.4. The van der Waals surface area contributed by atoms with Crippen LogP contribution in [0.15, 0.2) is 36.8 Å². The lowest BCUT2D eigenvalue weighted by Gasteiger charge is -2.25. The van der Waals surface area contributed by atoms with E-state index >= 15 is 0 Å². The molecule has 3 heterocycles. The minimum atomic E-state index is -0.271. The molecule has 2 amide bonds. The maximum atomic E-state index is 12.6. The van der Waals surface area contributed by atoms with Gasteiger partial charge in [-0.05, 0) is 43.0 Å². The largest absolute Gasteiger partial charge is 0.494 e. The third-order valence-corrected chi connectivity index (χ3v) is 4.58. The molecule has 1 fully saturated rings. The number of carbonyl (C=O) groups is 2. The second-order valence-electron chi connectivity index (χ2n) is 6.46. The van der Waals surface area contributed by atoms with Gasteiger partial charge in [0.05, 0.1) is 13.5 Å². The summed E-state index contributed by atoms with van der Waals surface area (Å²) in [6.07, 6.45) is 8.34. The van der Waals surface area contributed by atoms with E-state index in [9.17, 15) is 9.59 Å². The van der Waals surface area contributed by atoms with Crippen molar-refractivity contribution in [3.05, 3.63) is 48.0 Å². The molecule has 26 heavy (non-hydrogen) atoms. The molecule has 0 bridgehead atoms. The Balaban J connectivity index is 1.63. The number of methoxy groups -OCH3 is 1. The minimum absolute atomic E-state index is 0.0844. The van der Waals surface area contributed by atoms with Gasteiger partial charge in [-0.25, -0.2) is 4.98 Å². The molecule has 1 saturated heterocycles. The molecule has 0 aromatic carbocycles. The van der Waals surface area contributed by atoms with Crippen LogP contribution in [0.2, 0.25) is 0 Å². The molecule has 0 spiro atoms. The van der Waals surface area contributed by atoms with E-state index in [2.05, 4.69) is 15.3 Å². The molecule has 7 heteroatoms. The quantitative estimate of drug-likeness (QED) is 0.855. The van der Waals surface area contributed by atoms with Crippen LogP contribution in [-0.2, 0) is 11.2 Å². The Morgan fingerprint density at radius 1 is 1.38 bits per heavy atom. The van der Waals surface area contributed by atoms with Crippen LogP contribution < -0.4 is 10.1 Å². The number of amides is 2. The summed E-state index contributed by atoms with van der Waals surface area (Å²) in [6.45, 7) is 1.24. The second-order valence-corrected chi connectivity index (χ2v) is 6.46.